The summed E-state index contributed by atoms with van der Waals surface area (Å²) >= 11 is 0. The first-order chi connectivity index (χ1) is 12.8. The van der Waals surface area contributed by atoms with Gasteiger partial charge in [0.15, 0.2) is 0 Å². The lowest BCUT2D eigenvalue weighted by Crippen LogP contribution is -2.52. The van der Waals surface area contributed by atoms with Crippen molar-refractivity contribution >= 4 is 27.5 Å². The molecule has 2 aromatic rings. The second-order valence-electron chi connectivity index (χ2n) is 6.07. The Morgan fingerprint density at radius 2 is 1.78 bits per heavy atom. The number of nitrogens with one attached hydrogen (secondary N) is 2. The highest BCUT2D eigenvalue weighted by Crippen LogP contribution is 2.30. The van der Waals surface area contributed by atoms with E-state index in [9.17, 15) is 22.4 Å². The van der Waals surface area contributed by atoms with Gasteiger partial charge >= 0.3 is 0 Å². The summed E-state index contributed by atoms with van der Waals surface area (Å²) in [4.78, 5) is 23.5. The third-order valence-electron chi connectivity index (χ3n) is 4.13. The Kier molecular flexibility index (Phi) is 5.24. The molecule has 1 aliphatic heterocycles. The Bertz CT molecular complexity index is 959. The molecule has 9 heteroatoms. The number of hydrogen-bond acceptors (Lipinski definition) is 4. The van der Waals surface area contributed by atoms with Gasteiger partial charge in [0, 0.05) is 25.7 Å². The smallest absolute Gasteiger partial charge is 0.244 e. The van der Waals surface area contributed by atoms with Gasteiger partial charge in [-0.2, -0.15) is 4.31 Å². The predicted octanol–water partition coefficient (Wildman–Crippen LogP) is 1.65. The monoisotopic (exact) mass is 391 g/mol. The van der Waals surface area contributed by atoms with Crippen LogP contribution in [0.25, 0.3) is 0 Å². The molecule has 7 nitrogen and oxygen atoms in total. The molecule has 1 fully saturated rings. The van der Waals surface area contributed by atoms with Crippen LogP contribution < -0.4 is 10.6 Å². The van der Waals surface area contributed by atoms with Crippen molar-refractivity contribution in [2.45, 2.75) is 17.9 Å². The van der Waals surface area contributed by atoms with Gasteiger partial charge in [-0.3, -0.25) is 9.59 Å². The van der Waals surface area contributed by atoms with Crippen molar-refractivity contribution in [3.63, 3.8) is 0 Å². The summed E-state index contributed by atoms with van der Waals surface area (Å²) in [5.41, 5.74) is 0.847. The molecule has 0 aliphatic carbocycles. The van der Waals surface area contributed by atoms with Gasteiger partial charge in [0.25, 0.3) is 0 Å². The van der Waals surface area contributed by atoms with E-state index < -0.39 is 27.8 Å². The number of rotatable bonds is 4. The van der Waals surface area contributed by atoms with E-state index in [2.05, 4.69) is 10.6 Å². The Labute approximate surface area is 156 Å². The number of piperazine rings is 1. The summed E-state index contributed by atoms with van der Waals surface area (Å²) in [5, 5.41) is 5.21. The number of carbonyl (C=O) groups excluding carboxylic acids is 2. The van der Waals surface area contributed by atoms with Gasteiger partial charge in [-0.25, -0.2) is 12.8 Å². The van der Waals surface area contributed by atoms with Crippen LogP contribution in [0, 0.1) is 5.82 Å². The van der Waals surface area contributed by atoms with Gasteiger partial charge in [-0.05, 0) is 42.0 Å². The minimum Gasteiger partial charge on any atom is -0.353 e. The molecule has 142 valence electrons. The summed E-state index contributed by atoms with van der Waals surface area (Å²) in [5.74, 6) is -1.21. The van der Waals surface area contributed by atoms with Crippen molar-refractivity contribution in [3.05, 3.63) is 59.9 Å². The molecule has 1 atom stereocenters. The molecule has 1 heterocycles. The predicted molar refractivity (Wildman–Crippen MR) is 96.8 cm³/mol. The first-order valence-corrected chi connectivity index (χ1v) is 9.66. The summed E-state index contributed by atoms with van der Waals surface area (Å²) in [7, 11) is -3.98. The van der Waals surface area contributed by atoms with Gasteiger partial charge in [-0.1, -0.05) is 12.1 Å². The van der Waals surface area contributed by atoms with Gasteiger partial charge in [0.2, 0.25) is 21.8 Å². The summed E-state index contributed by atoms with van der Waals surface area (Å²) in [6.07, 6.45) is 0. The average molecular weight is 391 g/mol. The van der Waals surface area contributed by atoms with Crippen molar-refractivity contribution in [1.29, 1.82) is 0 Å². The van der Waals surface area contributed by atoms with Crippen LogP contribution in [0.5, 0.6) is 0 Å². The van der Waals surface area contributed by atoms with Crippen molar-refractivity contribution < 1.29 is 22.4 Å². The maximum absolute atomic E-state index is 13.2. The second-order valence-corrected chi connectivity index (χ2v) is 7.96. The molecule has 2 amide bonds. The molecule has 27 heavy (non-hydrogen) atoms. The zero-order valence-electron chi connectivity index (χ0n) is 14.5. The number of benzene rings is 2. The summed E-state index contributed by atoms with van der Waals surface area (Å²) < 4.78 is 40.5. The highest BCUT2D eigenvalue weighted by atomic mass is 32.2. The SMILES string of the molecule is CC(=O)Nc1ccc(S(=O)(=O)N2CCNC(=O)C2c2ccc(F)cc2)cc1. The van der Waals surface area contributed by atoms with E-state index in [1.165, 1.54) is 55.5 Å². The lowest BCUT2D eigenvalue weighted by Gasteiger charge is -2.34. The molecular weight excluding hydrogens is 373 g/mol. The zero-order chi connectivity index (χ0) is 19.6. The van der Waals surface area contributed by atoms with E-state index in [4.69, 9.17) is 0 Å². The van der Waals surface area contributed by atoms with Crippen LogP contribution in [0.15, 0.2) is 53.4 Å². The van der Waals surface area contributed by atoms with E-state index in [0.29, 0.717) is 11.3 Å². The fourth-order valence-electron chi connectivity index (χ4n) is 2.92. The lowest BCUT2D eigenvalue weighted by atomic mass is 10.0. The number of hydrogen-bond donors (Lipinski definition) is 2. The number of sulfonamides is 1. The highest BCUT2D eigenvalue weighted by molar-refractivity contribution is 7.89. The van der Waals surface area contributed by atoms with Crippen molar-refractivity contribution in [2.24, 2.45) is 0 Å². The molecule has 0 spiro atoms. The highest BCUT2D eigenvalue weighted by Gasteiger charge is 2.39. The van der Waals surface area contributed by atoms with Crippen LogP contribution >= 0.6 is 0 Å². The molecule has 0 aromatic heterocycles. The van der Waals surface area contributed by atoms with Crippen LogP contribution in [0.4, 0.5) is 10.1 Å². The Balaban J connectivity index is 1.96. The largest absolute Gasteiger partial charge is 0.353 e. The molecular formula is C18H18FN3O4S. The standard InChI is InChI=1S/C18H18FN3O4S/c1-12(23)21-15-6-8-16(9-7-15)27(25,26)22-11-10-20-18(24)17(22)13-2-4-14(19)5-3-13/h2-9,17H,10-11H2,1H3,(H,20,24)(H,21,23). The van der Waals surface area contributed by atoms with Crippen LogP contribution in [-0.4, -0.2) is 37.6 Å². The lowest BCUT2D eigenvalue weighted by molar-refractivity contribution is -0.127. The van der Waals surface area contributed by atoms with Crippen LogP contribution in [0.3, 0.4) is 0 Å². The summed E-state index contributed by atoms with van der Waals surface area (Å²) in [6.45, 7) is 1.62. The average Bonchev–Trinajstić information content (AvgIpc) is 2.62. The first kappa shape index (κ1) is 19.0. The summed E-state index contributed by atoms with van der Waals surface area (Å²) in [6, 6.07) is 9.77. The van der Waals surface area contributed by atoms with E-state index >= 15 is 0 Å². The minimum absolute atomic E-state index is 0.00147. The fraction of sp³-hybridized carbons (Fsp3) is 0.222. The fourth-order valence-corrected chi connectivity index (χ4v) is 4.49. The van der Waals surface area contributed by atoms with Crippen molar-refractivity contribution in [1.82, 2.24) is 9.62 Å². The molecule has 2 aromatic carbocycles. The van der Waals surface area contributed by atoms with Gasteiger partial charge in [-0.15, -0.1) is 0 Å². The van der Waals surface area contributed by atoms with E-state index in [0.717, 1.165) is 4.31 Å². The molecule has 0 saturated carbocycles. The third-order valence-corrected chi connectivity index (χ3v) is 6.01. The van der Waals surface area contributed by atoms with Crippen molar-refractivity contribution in [3.8, 4) is 0 Å². The topological polar surface area (TPSA) is 95.6 Å². The number of carbonyl (C=O) groups is 2. The molecule has 0 bridgehead atoms. The second kappa shape index (κ2) is 7.45. The molecule has 0 radical (unpaired) electrons. The van der Waals surface area contributed by atoms with E-state index in [1.54, 1.807) is 0 Å². The molecule has 3 rings (SSSR count). The minimum atomic E-state index is -3.98. The third kappa shape index (κ3) is 3.99. The Morgan fingerprint density at radius 3 is 2.37 bits per heavy atom. The zero-order valence-corrected chi connectivity index (χ0v) is 15.3. The van der Waals surface area contributed by atoms with Gasteiger partial charge < -0.3 is 10.6 Å². The van der Waals surface area contributed by atoms with Gasteiger partial charge in [0.1, 0.15) is 11.9 Å². The van der Waals surface area contributed by atoms with E-state index in [1.807, 2.05) is 0 Å². The number of amides is 2. The van der Waals surface area contributed by atoms with E-state index in [-0.39, 0.29) is 23.9 Å². The first-order valence-electron chi connectivity index (χ1n) is 8.22. The molecule has 1 saturated heterocycles. The quantitative estimate of drug-likeness (QED) is 0.828. The normalized spacial score (nSPS) is 18.0. The van der Waals surface area contributed by atoms with Crippen LogP contribution in [0.1, 0.15) is 18.5 Å². The maximum Gasteiger partial charge on any atom is 0.244 e. The van der Waals surface area contributed by atoms with Crippen LogP contribution in [0.2, 0.25) is 0 Å². The molecule has 1 unspecified atom stereocenters. The van der Waals surface area contributed by atoms with Crippen molar-refractivity contribution in [2.75, 3.05) is 18.4 Å². The number of anilines is 1. The molecule has 2 N–H and O–H groups in total. The van der Waals surface area contributed by atoms with Crippen LogP contribution in [-0.2, 0) is 19.6 Å². The number of nitrogens with zero attached hydrogens (tertiary/aromatic N) is 1. The van der Waals surface area contributed by atoms with Gasteiger partial charge in [0.05, 0.1) is 4.90 Å². The number of halogens is 1. The molecule has 1 aliphatic rings. The maximum atomic E-state index is 13.2. The Morgan fingerprint density at radius 1 is 1.15 bits per heavy atom. The Hall–Kier alpha value is -2.78.